The molecule has 0 unspecified atom stereocenters. The van der Waals surface area contributed by atoms with Gasteiger partial charge in [0.25, 0.3) is 0 Å². The minimum absolute atomic E-state index is 0.191. The number of hydrogen-bond donors (Lipinski definition) is 1. The lowest BCUT2D eigenvalue weighted by atomic mass is 10.0. The Morgan fingerprint density at radius 3 is 2.74 bits per heavy atom. The number of hydrogen-bond acceptors (Lipinski definition) is 1. The van der Waals surface area contributed by atoms with Gasteiger partial charge in [0.1, 0.15) is 0 Å². The normalized spacial score (nSPS) is 15.6. The van der Waals surface area contributed by atoms with Gasteiger partial charge in [0.2, 0.25) is 5.91 Å². The lowest BCUT2D eigenvalue weighted by Crippen LogP contribution is -2.23. The zero-order valence-corrected chi connectivity index (χ0v) is 12.9. The highest BCUT2D eigenvalue weighted by Crippen LogP contribution is 2.28. The van der Waals surface area contributed by atoms with Gasteiger partial charge in [-0.25, -0.2) is 0 Å². The van der Waals surface area contributed by atoms with Crippen molar-refractivity contribution < 1.29 is 4.79 Å². The topological polar surface area (TPSA) is 29.1 Å². The van der Waals surface area contributed by atoms with E-state index in [9.17, 15) is 4.79 Å². The van der Waals surface area contributed by atoms with Gasteiger partial charge in [0.15, 0.2) is 0 Å². The highest BCUT2D eigenvalue weighted by Gasteiger charge is 2.15. The summed E-state index contributed by atoms with van der Waals surface area (Å²) in [7, 11) is 0. The molecule has 1 aliphatic rings. The van der Waals surface area contributed by atoms with Gasteiger partial charge in [-0.2, -0.15) is 0 Å². The Morgan fingerprint density at radius 2 is 2.00 bits per heavy atom. The molecule has 1 aromatic carbocycles. The summed E-state index contributed by atoms with van der Waals surface area (Å²) in [6.45, 7) is 0.643. The van der Waals surface area contributed by atoms with Crippen molar-refractivity contribution in [3.8, 4) is 0 Å². The van der Waals surface area contributed by atoms with Crippen molar-refractivity contribution in [3.05, 3.63) is 35.4 Å². The van der Waals surface area contributed by atoms with Gasteiger partial charge in [0, 0.05) is 18.3 Å². The van der Waals surface area contributed by atoms with Gasteiger partial charge in [-0.1, -0.05) is 65.9 Å². The van der Waals surface area contributed by atoms with E-state index in [2.05, 4.69) is 39.4 Å². The molecule has 1 saturated carbocycles. The van der Waals surface area contributed by atoms with Gasteiger partial charge in [-0.3, -0.25) is 4.79 Å². The fourth-order valence-corrected chi connectivity index (χ4v) is 3.09. The highest BCUT2D eigenvalue weighted by atomic mass is 79.9. The monoisotopic (exact) mass is 323 g/mol. The molecule has 1 amide bonds. The first-order valence-electron chi connectivity index (χ1n) is 7.18. The van der Waals surface area contributed by atoms with Gasteiger partial charge >= 0.3 is 0 Å². The zero-order chi connectivity index (χ0) is 13.5. The van der Waals surface area contributed by atoms with E-state index in [1.165, 1.54) is 36.8 Å². The van der Waals surface area contributed by atoms with E-state index < -0.39 is 0 Å². The van der Waals surface area contributed by atoms with Crippen LogP contribution in [0.1, 0.15) is 49.7 Å². The number of halogens is 1. The Bertz CT molecular complexity index is 413. The lowest BCUT2D eigenvalue weighted by Gasteiger charge is -2.09. The molecule has 0 heterocycles. The number of alkyl halides is 1. The average Bonchev–Trinajstić information content (AvgIpc) is 2.96. The lowest BCUT2D eigenvalue weighted by molar-refractivity contribution is -0.121. The molecule has 0 aliphatic heterocycles. The molecule has 0 saturated heterocycles. The minimum Gasteiger partial charge on any atom is -0.352 e. The van der Waals surface area contributed by atoms with Crippen molar-refractivity contribution in [1.29, 1.82) is 0 Å². The molecule has 0 bridgehead atoms. The second kappa shape index (κ2) is 7.68. The summed E-state index contributed by atoms with van der Waals surface area (Å²) < 4.78 is 0. The fourth-order valence-electron chi connectivity index (χ4n) is 2.75. The number of nitrogens with one attached hydrogen (secondary N) is 1. The van der Waals surface area contributed by atoms with Crippen molar-refractivity contribution in [2.75, 3.05) is 0 Å². The van der Waals surface area contributed by atoms with Gasteiger partial charge in [0.05, 0.1) is 0 Å². The summed E-state index contributed by atoms with van der Waals surface area (Å²) in [4.78, 5) is 11.8. The van der Waals surface area contributed by atoms with Crippen LogP contribution in [0.5, 0.6) is 0 Å². The average molecular weight is 324 g/mol. The largest absolute Gasteiger partial charge is 0.352 e. The summed E-state index contributed by atoms with van der Waals surface area (Å²) >= 11 is 3.45. The first kappa shape index (κ1) is 14.6. The molecule has 104 valence electrons. The summed E-state index contributed by atoms with van der Waals surface area (Å²) in [5, 5.41) is 3.88. The Hall–Kier alpha value is -0.830. The van der Waals surface area contributed by atoms with Crippen LogP contribution in [0.4, 0.5) is 0 Å². The molecule has 3 heteroatoms. The van der Waals surface area contributed by atoms with Crippen molar-refractivity contribution in [2.45, 2.75) is 50.4 Å². The summed E-state index contributed by atoms with van der Waals surface area (Å²) in [6, 6.07) is 8.31. The Labute approximate surface area is 124 Å². The molecule has 2 rings (SSSR count). The number of carbonyl (C=O) groups is 1. The number of rotatable bonds is 6. The van der Waals surface area contributed by atoms with Crippen molar-refractivity contribution in [2.24, 2.45) is 5.92 Å². The predicted molar refractivity (Wildman–Crippen MR) is 82.1 cm³/mol. The van der Waals surface area contributed by atoms with Crippen LogP contribution < -0.4 is 5.32 Å². The van der Waals surface area contributed by atoms with E-state index in [1.807, 2.05) is 6.07 Å². The van der Waals surface area contributed by atoms with Crippen LogP contribution in [0.25, 0.3) is 0 Å². The molecule has 0 spiro atoms. The second-order valence-electron chi connectivity index (χ2n) is 5.42. The summed E-state index contributed by atoms with van der Waals surface area (Å²) in [6.07, 6.45) is 7.09. The van der Waals surface area contributed by atoms with Crippen molar-refractivity contribution in [3.63, 3.8) is 0 Å². The molecule has 19 heavy (non-hydrogen) atoms. The highest BCUT2D eigenvalue weighted by molar-refractivity contribution is 9.08. The van der Waals surface area contributed by atoms with Crippen LogP contribution in [0.2, 0.25) is 0 Å². The first-order chi connectivity index (χ1) is 9.28. The molecule has 1 N–H and O–H groups in total. The van der Waals surface area contributed by atoms with Crippen LogP contribution >= 0.6 is 15.9 Å². The standard InChI is InChI=1S/C16H22BrNO/c17-11-14-6-3-7-15(10-14)12-18-16(19)9-8-13-4-1-2-5-13/h3,6-7,10,13H,1-2,4-5,8-9,11-12H2,(H,18,19). The molecule has 0 aromatic heterocycles. The maximum Gasteiger partial charge on any atom is 0.220 e. The number of carbonyl (C=O) groups excluding carboxylic acids is 1. The Kier molecular flexibility index (Phi) is 5.90. The summed E-state index contributed by atoms with van der Waals surface area (Å²) in [5.74, 6) is 0.985. The van der Waals surface area contributed by atoms with E-state index in [0.717, 1.165) is 17.7 Å². The minimum atomic E-state index is 0.191. The smallest absolute Gasteiger partial charge is 0.220 e. The number of amides is 1. The molecular formula is C16H22BrNO. The third-order valence-electron chi connectivity index (χ3n) is 3.89. The van der Waals surface area contributed by atoms with Crippen LogP contribution in [0, 0.1) is 5.92 Å². The maximum atomic E-state index is 11.8. The molecule has 1 aromatic rings. The van der Waals surface area contributed by atoms with Crippen LogP contribution in [-0.2, 0) is 16.7 Å². The molecule has 0 atom stereocenters. The maximum absolute atomic E-state index is 11.8. The first-order valence-corrected chi connectivity index (χ1v) is 8.30. The quantitative estimate of drug-likeness (QED) is 0.782. The predicted octanol–water partition coefficient (Wildman–Crippen LogP) is 4.17. The van der Waals surface area contributed by atoms with Gasteiger partial charge in [-0.05, 0) is 23.5 Å². The van der Waals surface area contributed by atoms with Crippen LogP contribution in [0.15, 0.2) is 24.3 Å². The molecule has 1 fully saturated rings. The van der Waals surface area contributed by atoms with Crippen molar-refractivity contribution >= 4 is 21.8 Å². The van der Waals surface area contributed by atoms with E-state index in [1.54, 1.807) is 0 Å². The van der Waals surface area contributed by atoms with Gasteiger partial charge < -0.3 is 5.32 Å². The summed E-state index contributed by atoms with van der Waals surface area (Å²) in [5.41, 5.74) is 2.42. The third-order valence-corrected chi connectivity index (χ3v) is 4.54. The van der Waals surface area contributed by atoms with Gasteiger partial charge in [-0.15, -0.1) is 0 Å². The van der Waals surface area contributed by atoms with E-state index in [4.69, 9.17) is 0 Å². The van der Waals surface area contributed by atoms with E-state index in [0.29, 0.717) is 13.0 Å². The Balaban J connectivity index is 1.70. The molecule has 0 radical (unpaired) electrons. The second-order valence-corrected chi connectivity index (χ2v) is 5.98. The molecule has 1 aliphatic carbocycles. The number of benzene rings is 1. The van der Waals surface area contributed by atoms with E-state index in [-0.39, 0.29) is 5.91 Å². The fraction of sp³-hybridized carbons (Fsp3) is 0.562. The Morgan fingerprint density at radius 1 is 1.26 bits per heavy atom. The SMILES string of the molecule is O=C(CCC1CCCC1)NCc1cccc(CBr)c1. The zero-order valence-electron chi connectivity index (χ0n) is 11.3. The van der Waals surface area contributed by atoms with Crippen LogP contribution in [0.3, 0.4) is 0 Å². The van der Waals surface area contributed by atoms with Crippen LogP contribution in [-0.4, -0.2) is 5.91 Å². The van der Waals surface area contributed by atoms with E-state index >= 15 is 0 Å². The molecular weight excluding hydrogens is 302 g/mol. The molecule has 2 nitrogen and oxygen atoms in total. The third kappa shape index (κ3) is 4.98. The van der Waals surface area contributed by atoms with Crippen molar-refractivity contribution in [1.82, 2.24) is 5.32 Å².